The average molecular weight is 244 g/mol. The van der Waals surface area contributed by atoms with Gasteiger partial charge in [-0.05, 0) is 19.1 Å². The first-order chi connectivity index (χ1) is 7.22. The molecule has 0 aliphatic carbocycles. The van der Waals surface area contributed by atoms with Gasteiger partial charge in [0.15, 0.2) is 0 Å². The van der Waals surface area contributed by atoms with Gasteiger partial charge in [-0.2, -0.15) is 0 Å². The lowest BCUT2D eigenvalue weighted by Gasteiger charge is -2.04. The molecule has 0 fully saturated rings. The molecule has 0 aliphatic rings. The minimum absolute atomic E-state index is 0.304. The van der Waals surface area contributed by atoms with Crippen molar-refractivity contribution in [2.45, 2.75) is 6.92 Å². The summed E-state index contributed by atoms with van der Waals surface area (Å²) in [5.74, 6) is 1.13. The summed E-state index contributed by atoms with van der Waals surface area (Å²) in [6.45, 7) is 2.27. The lowest BCUT2D eigenvalue weighted by molar-refractivity contribution is 0.105. The predicted molar refractivity (Wildman–Crippen MR) is 64.6 cm³/mol. The zero-order valence-corrected chi connectivity index (χ0v) is 10.0. The first kappa shape index (κ1) is 12.3. The summed E-state index contributed by atoms with van der Waals surface area (Å²) in [5.41, 5.74) is 1.11. The van der Waals surface area contributed by atoms with Crippen LogP contribution in [-0.2, 0) is 4.74 Å². The van der Waals surface area contributed by atoms with Gasteiger partial charge < -0.3 is 9.47 Å². The third-order valence-corrected chi connectivity index (χ3v) is 2.51. The van der Waals surface area contributed by atoms with Crippen LogP contribution in [0.1, 0.15) is 5.56 Å². The van der Waals surface area contributed by atoms with E-state index in [-0.39, 0.29) is 0 Å². The highest BCUT2D eigenvalue weighted by Gasteiger charge is 2.04. The number of carbonyl (C=O) groups excluding carboxylic acids is 1. The second kappa shape index (κ2) is 6.63. The highest BCUT2D eigenvalue weighted by molar-refractivity contribution is 8.68. The summed E-state index contributed by atoms with van der Waals surface area (Å²) in [6.07, 6.45) is -0.679. The van der Waals surface area contributed by atoms with E-state index in [1.165, 1.54) is 10.8 Å². The van der Waals surface area contributed by atoms with Gasteiger partial charge in [0.25, 0.3) is 0 Å². The van der Waals surface area contributed by atoms with Crippen LogP contribution in [-0.4, -0.2) is 18.5 Å². The van der Waals surface area contributed by atoms with Gasteiger partial charge in [0.1, 0.15) is 12.4 Å². The molecule has 0 radical (unpaired) electrons. The van der Waals surface area contributed by atoms with Crippen LogP contribution in [0, 0.1) is 6.92 Å². The monoisotopic (exact) mass is 244 g/mol. The van der Waals surface area contributed by atoms with E-state index in [4.69, 9.17) is 9.47 Å². The summed E-state index contributed by atoms with van der Waals surface area (Å²) >= 11 is 3.92. The normalized spacial score (nSPS) is 9.73. The van der Waals surface area contributed by atoms with Crippen molar-refractivity contribution < 1.29 is 14.3 Å². The first-order valence-electron chi connectivity index (χ1n) is 4.40. The van der Waals surface area contributed by atoms with E-state index in [1.807, 2.05) is 19.1 Å². The van der Waals surface area contributed by atoms with E-state index in [1.54, 1.807) is 12.1 Å². The molecule has 0 unspecified atom stereocenters. The summed E-state index contributed by atoms with van der Waals surface area (Å²) in [5, 5.41) is 0. The Balaban J connectivity index is 2.34. The molecule has 0 aliphatic heterocycles. The van der Waals surface area contributed by atoms with Crippen molar-refractivity contribution in [3.8, 4) is 5.75 Å². The molecule has 0 bridgehead atoms. The summed E-state index contributed by atoms with van der Waals surface area (Å²) in [7, 11) is 1.31. The molecule has 0 saturated carbocycles. The number of benzene rings is 1. The summed E-state index contributed by atoms with van der Waals surface area (Å²) < 4.78 is 9.71. The van der Waals surface area contributed by atoms with Crippen LogP contribution in [0.2, 0.25) is 0 Å². The molecule has 3 nitrogen and oxygen atoms in total. The van der Waals surface area contributed by atoms with Gasteiger partial charge in [-0.25, -0.2) is 4.79 Å². The van der Waals surface area contributed by atoms with Gasteiger partial charge >= 0.3 is 6.16 Å². The third kappa shape index (κ3) is 4.99. The number of rotatable bonds is 4. The average Bonchev–Trinajstić information content (AvgIpc) is 2.22. The van der Waals surface area contributed by atoms with E-state index in [0.29, 0.717) is 18.1 Å². The van der Waals surface area contributed by atoms with Crippen LogP contribution >= 0.6 is 22.5 Å². The fourth-order valence-electron chi connectivity index (χ4n) is 0.894. The smallest absolute Gasteiger partial charge is 0.433 e. The van der Waals surface area contributed by atoms with Crippen LogP contribution in [0.25, 0.3) is 0 Å². The standard InChI is InChI=1S/C10H12O3S2/c1-8-2-4-9(5-3-8)13-10(11)12-6-7-15-14/h2-5,14H,6-7H2,1H3. The number of carbonyl (C=O) groups is 1. The van der Waals surface area contributed by atoms with Crippen LogP contribution in [0.5, 0.6) is 5.75 Å². The van der Waals surface area contributed by atoms with Crippen LogP contribution in [0.3, 0.4) is 0 Å². The quantitative estimate of drug-likeness (QED) is 0.290. The van der Waals surface area contributed by atoms with Crippen molar-refractivity contribution in [1.82, 2.24) is 0 Å². The zero-order valence-electron chi connectivity index (χ0n) is 8.30. The molecule has 0 N–H and O–H groups in total. The minimum Gasteiger partial charge on any atom is -0.433 e. The van der Waals surface area contributed by atoms with E-state index in [2.05, 4.69) is 11.7 Å². The van der Waals surface area contributed by atoms with Gasteiger partial charge in [0.05, 0.1) is 0 Å². The second-order valence-corrected chi connectivity index (χ2v) is 4.29. The van der Waals surface area contributed by atoms with E-state index >= 15 is 0 Å². The maximum Gasteiger partial charge on any atom is 0.513 e. The molecule has 0 atom stereocenters. The lowest BCUT2D eigenvalue weighted by atomic mass is 10.2. The topological polar surface area (TPSA) is 35.5 Å². The molecular weight excluding hydrogens is 232 g/mol. The number of thiol groups is 1. The second-order valence-electron chi connectivity index (χ2n) is 2.85. The van der Waals surface area contributed by atoms with Crippen molar-refractivity contribution >= 4 is 28.6 Å². The van der Waals surface area contributed by atoms with Crippen molar-refractivity contribution in [2.24, 2.45) is 0 Å². The molecule has 0 heterocycles. The minimum atomic E-state index is -0.679. The molecular formula is C10H12O3S2. The lowest BCUT2D eigenvalue weighted by Crippen LogP contribution is -2.12. The fraction of sp³-hybridized carbons (Fsp3) is 0.300. The number of hydrogen-bond acceptors (Lipinski definition) is 5. The highest BCUT2D eigenvalue weighted by atomic mass is 33.1. The van der Waals surface area contributed by atoms with Crippen LogP contribution in [0.15, 0.2) is 24.3 Å². The van der Waals surface area contributed by atoms with Gasteiger partial charge in [-0.1, -0.05) is 28.5 Å². The van der Waals surface area contributed by atoms with Crippen LogP contribution < -0.4 is 4.74 Å². The SMILES string of the molecule is Cc1ccc(OC(=O)OCCSS)cc1. The Morgan fingerprint density at radius 1 is 1.40 bits per heavy atom. The molecule has 0 aromatic heterocycles. The predicted octanol–water partition coefficient (Wildman–Crippen LogP) is 3.09. The van der Waals surface area contributed by atoms with Crippen molar-refractivity contribution in [3.63, 3.8) is 0 Å². The maximum absolute atomic E-state index is 11.1. The Labute approximate surface area is 98.0 Å². The summed E-state index contributed by atoms with van der Waals surface area (Å²) in [6, 6.07) is 7.19. The van der Waals surface area contributed by atoms with Gasteiger partial charge in [0.2, 0.25) is 0 Å². The molecule has 1 aromatic rings. The summed E-state index contributed by atoms with van der Waals surface area (Å²) in [4.78, 5) is 11.1. The fourth-order valence-corrected chi connectivity index (χ4v) is 1.28. The molecule has 5 heteroatoms. The van der Waals surface area contributed by atoms with E-state index < -0.39 is 6.16 Å². The van der Waals surface area contributed by atoms with Crippen molar-refractivity contribution in [1.29, 1.82) is 0 Å². The Morgan fingerprint density at radius 3 is 2.67 bits per heavy atom. The molecule has 0 saturated heterocycles. The molecule has 0 spiro atoms. The number of aryl methyl sites for hydroxylation is 1. The Bertz CT molecular complexity index is 311. The van der Waals surface area contributed by atoms with E-state index in [0.717, 1.165) is 5.56 Å². The van der Waals surface area contributed by atoms with Crippen molar-refractivity contribution in [3.05, 3.63) is 29.8 Å². The van der Waals surface area contributed by atoms with Crippen LogP contribution in [0.4, 0.5) is 4.79 Å². The van der Waals surface area contributed by atoms with Crippen molar-refractivity contribution in [2.75, 3.05) is 12.4 Å². The Morgan fingerprint density at radius 2 is 2.07 bits per heavy atom. The Kier molecular flexibility index (Phi) is 5.42. The molecule has 82 valence electrons. The molecule has 0 amide bonds. The van der Waals surface area contributed by atoms with Gasteiger partial charge in [0, 0.05) is 5.75 Å². The van der Waals surface area contributed by atoms with Gasteiger partial charge in [-0.15, -0.1) is 11.7 Å². The zero-order chi connectivity index (χ0) is 11.1. The van der Waals surface area contributed by atoms with E-state index in [9.17, 15) is 4.79 Å². The molecule has 15 heavy (non-hydrogen) atoms. The third-order valence-electron chi connectivity index (χ3n) is 1.62. The first-order valence-corrected chi connectivity index (χ1v) is 6.44. The molecule has 1 aromatic carbocycles. The highest BCUT2D eigenvalue weighted by Crippen LogP contribution is 2.12. The number of ether oxygens (including phenoxy) is 2. The van der Waals surface area contributed by atoms with Gasteiger partial charge in [-0.3, -0.25) is 0 Å². The molecule has 1 rings (SSSR count). The largest absolute Gasteiger partial charge is 0.513 e. The maximum atomic E-state index is 11.1. The number of hydrogen-bond donors (Lipinski definition) is 1. The Hall–Kier alpha value is -0.810.